The number of anilines is 2. The summed E-state index contributed by atoms with van der Waals surface area (Å²) < 4.78 is 27.4. The Morgan fingerprint density at radius 2 is 1.86 bits per heavy atom. The second-order valence-corrected chi connectivity index (χ2v) is 8.18. The zero-order valence-corrected chi connectivity index (χ0v) is 16.7. The number of nitrogens with one attached hydrogen (secondary N) is 2. The first-order valence-corrected chi connectivity index (χ1v) is 10.6. The van der Waals surface area contributed by atoms with Gasteiger partial charge >= 0.3 is 0 Å². The number of hydrogen-bond donors (Lipinski definition) is 2. The van der Waals surface area contributed by atoms with Crippen molar-refractivity contribution in [1.29, 1.82) is 0 Å². The van der Waals surface area contributed by atoms with Gasteiger partial charge < -0.3 is 10.3 Å². The number of aromatic amines is 1. The third-order valence-corrected chi connectivity index (χ3v) is 6.36. The lowest BCUT2D eigenvalue weighted by Crippen LogP contribution is -2.30. The molecule has 152 valence electrons. The van der Waals surface area contributed by atoms with Crippen molar-refractivity contribution in [2.75, 3.05) is 22.7 Å². The van der Waals surface area contributed by atoms with Crippen molar-refractivity contribution in [2.45, 2.75) is 18.2 Å². The molecule has 0 aliphatic carbocycles. The van der Waals surface area contributed by atoms with Gasteiger partial charge in [0, 0.05) is 37.5 Å². The number of nitro benzene ring substituents is 1. The van der Waals surface area contributed by atoms with E-state index in [-0.39, 0.29) is 22.8 Å². The summed E-state index contributed by atoms with van der Waals surface area (Å²) in [7, 11) is -3.94. The summed E-state index contributed by atoms with van der Waals surface area (Å²) in [5, 5.41) is 14.6. The Labute approximate surface area is 169 Å². The lowest BCUT2D eigenvalue weighted by atomic mass is 10.2. The van der Waals surface area contributed by atoms with Gasteiger partial charge in [-0.15, -0.1) is 0 Å². The Kier molecular flexibility index (Phi) is 6.18. The van der Waals surface area contributed by atoms with Crippen LogP contribution in [-0.4, -0.2) is 31.4 Å². The van der Waals surface area contributed by atoms with Gasteiger partial charge in [-0.1, -0.05) is 18.2 Å². The SMILES string of the molecule is CCN(c1ccccc1)S(=O)(=O)c1ccc(NCCc2ccc[nH]2)c([N+](=O)[O-])c1. The quantitative estimate of drug-likeness (QED) is 0.409. The van der Waals surface area contributed by atoms with E-state index >= 15 is 0 Å². The van der Waals surface area contributed by atoms with E-state index in [2.05, 4.69) is 10.3 Å². The molecule has 29 heavy (non-hydrogen) atoms. The number of rotatable bonds is 9. The van der Waals surface area contributed by atoms with Crippen LogP contribution in [0.3, 0.4) is 0 Å². The van der Waals surface area contributed by atoms with Crippen molar-refractivity contribution in [3.63, 3.8) is 0 Å². The molecule has 0 aliphatic rings. The summed E-state index contributed by atoms with van der Waals surface area (Å²) in [6, 6.07) is 16.4. The molecule has 0 saturated heterocycles. The minimum atomic E-state index is -3.94. The number of para-hydroxylation sites is 1. The first-order valence-electron chi connectivity index (χ1n) is 9.16. The molecule has 0 radical (unpaired) electrons. The van der Waals surface area contributed by atoms with Crippen LogP contribution < -0.4 is 9.62 Å². The monoisotopic (exact) mass is 414 g/mol. The molecular weight excluding hydrogens is 392 g/mol. The Morgan fingerprint density at radius 1 is 1.10 bits per heavy atom. The van der Waals surface area contributed by atoms with Gasteiger partial charge in [0.1, 0.15) is 5.69 Å². The van der Waals surface area contributed by atoms with Crippen molar-refractivity contribution in [3.8, 4) is 0 Å². The highest BCUT2D eigenvalue weighted by atomic mass is 32.2. The molecular formula is C20H22N4O4S. The third kappa shape index (κ3) is 4.57. The predicted octanol–water partition coefficient (Wildman–Crippen LogP) is 3.79. The van der Waals surface area contributed by atoms with Crippen LogP contribution in [0.2, 0.25) is 0 Å². The molecule has 0 bridgehead atoms. The largest absolute Gasteiger partial charge is 0.379 e. The average molecular weight is 414 g/mol. The summed E-state index contributed by atoms with van der Waals surface area (Å²) in [6.45, 7) is 2.39. The molecule has 0 spiro atoms. The molecule has 1 heterocycles. The van der Waals surface area contributed by atoms with E-state index in [1.807, 2.05) is 18.3 Å². The van der Waals surface area contributed by atoms with E-state index in [0.717, 1.165) is 11.8 Å². The van der Waals surface area contributed by atoms with Gasteiger partial charge in [0.15, 0.2) is 0 Å². The van der Waals surface area contributed by atoms with Gasteiger partial charge in [0.2, 0.25) is 0 Å². The van der Waals surface area contributed by atoms with E-state index in [1.54, 1.807) is 37.3 Å². The molecule has 3 aromatic rings. The molecule has 8 nitrogen and oxygen atoms in total. The number of nitro groups is 1. The number of aromatic nitrogens is 1. The standard InChI is InChI=1S/C20H22N4O4S/c1-2-23(17-8-4-3-5-9-17)29(27,28)18-10-11-19(20(15-18)24(25)26)22-14-12-16-7-6-13-21-16/h3-11,13,15,21-22H,2,12,14H2,1H3. The van der Waals surface area contributed by atoms with Crippen LogP contribution in [0.25, 0.3) is 0 Å². The van der Waals surface area contributed by atoms with Gasteiger partial charge in [-0.2, -0.15) is 0 Å². The highest BCUT2D eigenvalue weighted by Crippen LogP contribution is 2.30. The van der Waals surface area contributed by atoms with Gasteiger partial charge in [-0.05, 0) is 43.3 Å². The minimum Gasteiger partial charge on any atom is -0.379 e. The first kappa shape index (κ1) is 20.4. The number of nitrogens with zero attached hydrogens (tertiary/aromatic N) is 2. The summed E-state index contributed by atoms with van der Waals surface area (Å²) in [6.07, 6.45) is 2.46. The van der Waals surface area contributed by atoms with Crippen LogP contribution >= 0.6 is 0 Å². The minimum absolute atomic E-state index is 0.121. The Morgan fingerprint density at radius 3 is 2.48 bits per heavy atom. The summed E-state index contributed by atoms with van der Waals surface area (Å²) in [5.41, 5.74) is 1.51. The normalized spacial score (nSPS) is 11.2. The second-order valence-electron chi connectivity index (χ2n) is 6.31. The Balaban J connectivity index is 1.87. The molecule has 0 unspecified atom stereocenters. The van der Waals surface area contributed by atoms with E-state index in [9.17, 15) is 18.5 Å². The molecule has 2 aromatic carbocycles. The molecule has 9 heteroatoms. The summed E-state index contributed by atoms with van der Waals surface area (Å²) in [4.78, 5) is 13.9. The van der Waals surface area contributed by atoms with Gasteiger partial charge in [0.25, 0.3) is 15.7 Å². The number of sulfonamides is 1. The van der Waals surface area contributed by atoms with E-state index in [1.165, 1.54) is 16.4 Å². The Bertz CT molecular complexity index is 1070. The molecule has 0 amide bonds. The first-order chi connectivity index (χ1) is 13.9. The molecule has 0 fully saturated rings. The van der Waals surface area contributed by atoms with E-state index in [4.69, 9.17) is 0 Å². The van der Waals surface area contributed by atoms with Crippen molar-refractivity contribution in [1.82, 2.24) is 4.98 Å². The molecule has 3 rings (SSSR count). The van der Waals surface area contributed by atoms with Crippen LogP contribution in [-0.2, 0) is 16.4 Å². The predicted molar refractivity (Wildman–Crippen MR) is 113 cm³/mol. The highest BCUT2D eigenvalue weighted by Gasteiger charge is 2.27. The maximum atomic E-state index is 13.1. The fraction of sp³-hybridized carbons (Fsp3) is 0.200. The molecule has 0 saturated carbocycles. The number of hydrogen-bond acceptors (Lipinski definition) is 5. The zero-order valence-electron chi connectivity index (χ0n) is 15.9. The average Bonchev–Trinajstić information content (AvgIpc) is 3.22. The van der Waals surface area contributed by atoms with Crippen LogP contribution in [0.4, 0.5) is 17.1 Å². The lowest BCUT2D eigenvalue weighted by Gasteiger charge is -2.23. The number of H-pyrrole nitrogens is 1. The summed E-state index contributed by atoms with van der Waals surface area (Å²) in [5.74, 6) is 0. The second kappa shape index (κ2) is 8.78. The van der Waals surface area contributed by atoms with E-state index < -0.39 is 14.9 Å². The van der Waals surface area contributed by atoms with Gasteiger partial charge in [-0.3, -0.25) is 14.4 Å². The topological polar surface area (TPSA) is 108 Å². The summed E-state index contributed by atoms with van der Waals surface area (Å²) >= 11 is 0. The lowest BCUT2D eigenvalue weighted by molar-refractivity contribution is -0.384. The maximum Gasteiger partial charge on any atom is 0.293 e. The molecule has 1 aromatic heterocycles. The number of benzene rings is 2. The van der Waals surface area contributed by atoms with Gasteiger partial charge in [0.05, 0.1) is 15.5 Å². The van der Waals surface area contributed by atoms with Gasteiger partial charge in [-0.25, -0.2) is 8.42 Å². The van der Waals surface area contributed by atoms with E-state index in [0.29, 0.717) is 18.7 Å². The fourth-order valence-corrected chi connectivity index (χ4v) is 4.53. The van der Waals surface area contributed by atoms with Crippen molar-refractivity contribution >= 4 is 27.1 Å². The van der Waals surface area contributed by atoms with Crippen LogP contribution in [0.1, 0.15) is 12.6 Å². The molecule has 2 N–H and O–H groups in total. The highest BCUT2D eigenvalue weighted by molar-refractivity contribution is 7.92. The van der Waals surface area contributed by atoms with Crippen LogP contribution in [0.15, 0.2) is 71.8 Å². The van der Waals surface area contributed by atoms with Crippen molar-refractivity contribution in [2.24, 2.45) is 0 Å². The Hall–Kier alpha value is -3.33. The van der Waals surface area contributed by atoms with Crippen LogP contribution in [0, 0.1) is 10.1 Å². The maximum absolute atomic E-state index is 13.1. The smallest absolute Gasteiger partial charge is 0.293 e. The zero-order chi connectivity index (χ0) is 20.9. The molecule has 0 atom stereocenters. The third-order valence-electron chi connectivity index (χ3n) is 4.46. The fourth-order valence-electron chi connectivity index (χ4n) is 3.04. The van der Waals surface area contributed by atoms with Crippen molar-refractivity contribution in [3.05, 3.63) is 82.7 Å². The molecule has 0 aliphatic heterocycles. The van der Waals surface area contributed by atoms with Crippen LogP contribution in [0.5, 0.6) is 0 Å². The van der Waals surface area contributed by atoms with Crippen molar-refractivity contribution < 1.29 is 13.3 Å².